The maximum absolute atomic E-state index is 5.59. The number of aryl methyl sites for hydroxylation is 1. The van der Waals surface area contributed by atoms with Gasteiger partial charge < -0.3 is 10.2 Å². The van der Waals surface area contributed by atoms with E-state index in [4.69, 9.17) is 9.82 Å². The van der Waals surface area contributed by atoms with Gasteiger partial charge in [-0.1, -0.05) is 43.7 Å². The number of nitrogens with zero attached hydrogens (tertiary/aromatic N) is 1. The normalized spacial score (nSPS) is 16.9. The van der Waals surface area contributed by atoms with Crippen LogP contribution in [0.1, 0.15) is 39.2 Å². The van der Waals surface area contributed by atoms with E-state index in [-0.39, 0.29) is 6.04 Å². The molecule has 1 aromatic carbocycles. The van der Waals surface area contributed by atoms with Crippen molar-refractivity contribution in [2.45, 2.75) is 46.6 Å². The summed E-state index contributed by atoms with van der Waals surface area (Å²) in [6.07, 6.45) is 6.17. The minimum atomic E-state index is 0.101. The third-order valence-corrected chi connectivity index (χ3v) is 4.17. The van der Waals surface area contributed by atoms with Crippen LogP contribution in [0.25, 0.3) is 10.9 Å². The molecule has 4 heteroatoms. The van der Waals surface area contributed by atoms with Gasteiger partial charge in [0.2, 0.25) is 0 Å². The van der Waals surface area contributed by atoms with Crippen LogP contribution in [0.2, 0.25) is 0 Å². The van der Waals surface area contributed by atoms with E-state index in [1.165, 1.54) is 16.5 Å². The summed E-state index contributed by atoms with van der Waals surface area (Å²) in [5.74, 6) is 1.77. The highest BCUT2D eigenvalue weighted by Crippen LogP contribution is 2.24. The summed E-state index contributed by atoms with van der Waals surface area (Å²) < 4.78 is 0. The van der Waals surface area contributed by atoms with Crippen molar-refractivity contribution in [1.82, 2.24) is 10.5 Å². The van der Waals surface area contributed by atoms with Gasteiger partial charge in [-0.25, -0.2) is 4.98 Å². The molecule has 0 saturated heterocycles. The number of anilines is 1. The van der Waals surface area contributed by atoms with Crippen LogP contribution in [0.3, 0.4) is 0 Å². The van der Waals surface area contributed by atoms with E-state index in [2.05, 4.69) is 42.9 Å². The molecule has 2 N–H and O–H groups in total. The molecule has 0 saturated carbocycles. The second-order valence-electron chi connectivity index (χ2n) is 5.97. The van der Waals surface area contributed by atoms with Crippen LogP contribution in [-0.4, -0.2) is 18.1 Å². The number of rotatable bonds is 4. The molecular formula is C21H29N3O. The summed E-state index contributed by atoms with van der Waals surface area (Å²) in [6.45, 7) is 8.27. The molecule has 2 aromatic rings. The lowest BCUT2D eigenvalue weighted by molar-refractivity contribution is 0.114. The van der Waals surface area contributed by atoms with E-state index in [0.717, 1.165) is 29.9 Å². The maximum atomic E-state index is 5.59. The van der Waals surface area contributed by atoms with Crippen molar-refractivity contribution in [3.05, 3.63) is 59.4 Å². The molecule has 1 unspecified atom stereocenters. The van der Waals surface area contributed by atoms with Crippen molar-refractivity contribution in [1.29, 1.82) is 0 Å². The second kappa shape index (κ2) is 9.23. The van der Waals surface area contributed by atoms with Crippen molar-refractivity contribution in [3.8, 4) is 0 Å². The zero-order valence-corrected chi connectivity index (χ0v) is 15.9. The molecule has 0 amide bonds. The summed E-state index contributed by atoms with van der Waals surface area (Å²) in [4.78, 5) is 10.3. The van der Waals surface area contributed by atoms with E-state index < -0.39 is 0 Å². The SMILES string of the molecule is CC.CNOC1=CC=C(C)CCC1Nc1cc(C)c2ccccc2n1. The van der Waals surface area contributed by atoms with Crippen LogP contribution in [0.4, 0.5) is 5.82 Å². The molecule has 0 radical (unpaired) electrons. The number of para-hydroxylation sites is 1. The van der Waals surface area contributed by atoms with Crippen molar-refractivity contribution >= 4 is 16.7 Å². The van der Waals surface area contributed by atoms with Crippen molar-refractivity contribution in [2.24, 2.45) is 0 Å². The molecule has 1 aromatic heterocycles. The van der Waals surface area contributed by atoms with Gasteiger partial charge in [0.25, 0.3) is 0 Å². The van der Waals surface area contributed by atoms with E-state index in [1.54, 1.807) is 7.05 Å². The standard InChI is InChI=1S/C19H23N3O.C2H6/c1-13-8-10-17(18(11-9-13)23-20-3)22-19-12-14(2)15-6-4-5-7-16(15)21-19;1-2/h4-7,9,11-12,17,20H,8,10H2,1-3H3,(H,21,22);1-2H3. The fraction of sp³-hybridized carbons (Fsp3) is 0.381. The van der Waals surface area contributed by atoms with Crippen molar-refractivity contribution in [2.75, 3.05) is 12.4 Å². The number of fused-ring (bicyclic) bond motifs is 1. The zero-order valence-electron chi connectivity index (χ0n) is 15.9. The Morgan fingerprint density at radius 1 is 1.12 bits per heavy atom. The minimum absolute atomic E-state index is 0.101. The van der Waals surface area contributed by atoms with Crippen LogP contribution in [0.5, 0.6) is 0 Å². The Morgan fingerprint density at radius 3 is 2.64 bits per heavy atom. The lowest BCUT2D eigenvalue weighted by Gasteiger charge is -2.21. The van der Waals surface area contributed by atoms with Gasteiger partial charge in [0.1, 0.15) is 11.6 Å². The van der Waals surface area contributed by atoms with Gasteiger partial charge in [0, 0.05) is 12.4 Å². The fourth-order valence-electron chi connectivity index (χ4n) is 2.91. The molecule has 0 fully saturated rings. The first-order valence-corrected chi connectivity index (χ1v) is 9.01. The molecule has 25 heavy (non-hydrogen) atoms. The van der Waals surface area contributed by atoms with Crippen molar-refractivity contribution < 1.29 is 4.84 Å². The first-order valence-electron chi connectivity index (χ1n) is 9.01. The van der Waals surface area contributed by atoms with E-state index in [1.807, 2.05) is 38.1 Å². The van der Waals surface area contributed by atoms with Crippen LogP contribution >= 0.6 is 0 Å². The Bertz CT molecular complexity index is 765. The predicted molar refractivity (Wildman–Crippen MR) is 106 cm³/mol. The number of pyridine rings is 1. The quantitative estimate of drug-likeness (QED) is 0.759. The van der Waals surface area contributed by atoms with Crippen molar-refractivity contribution in [3.63, 3.8) is 0 Å². The second-order valence-corrected chi connectivity index (χ2v) is 5.97. The highest BCUT2D eigenvalue weighted by molar-refractivity contribution is 5.83. The highest BCUT2D eigenvalue weighted by atomic mass is 16.6. The molecule has 4 nitrogen and oxygen atoms in total. The van der Waals surface area contributed by atoms with Gasteiger partial charge in [-0.05, 0) is 50.5 Å². The fourth-order valence-corrected chi connectivity index (χ4v) is 2.91. The molecule has 1 aliphatic rings. The topological polar surface area (TPSA) is 46.2 Å². The molecule has 134 valence electrons. The highest BCUT2D eigenvalue weighted by Gasteiger charge is 2.19. The minimum Gasteiger partial charge on any atom is -0.411 e. The van der Waals surface area contributed by atoms with Gasteiger partial charge in [0.05, 0.1) is 11.6 Å². The molecule has 1 aliphatic carbocycles. The number of hydrogen-bond donors (Lipinski definition) is 2. The molecule has 3 rings (SSSR count). The molecule has 0 aliphatic heterocycles. The molecule has 1 atom stereocenters. The zero-order chi connectivity index (χ0) is 18.2. The third kappa shape index (κ3) is 4.83. The number of hydroxylamine groups is 1. The number of aromatic nitrogens is 1. The number of allylic oxidation sites excluding steroid dienone is 3. The first kappa shape index (κ1) is 19.0. The Labute approximate surface area is 151 Å². The van der Waals surface area contributed by atoms with Gasteiger partial charge in [0.15, 0.2) is 0 Å². The lowest BCUT2D eigenvalue weighted by atomic mass is 10.1. The molecule has 1 heterocycles. The van der Waals surface area contributed by atoms with Gasteiger partial charge >= 0.3 is 0 Å². The average Bonchev–Trinajstić information content (AvgIpc) is 2.80. The third-order valence-electron chi connectivity index (χ3n) is 4.17. The molecule has 0 spiro atoms. The first-order chi connectivity index (χ1) is 12.2. The van der Waals surface area contributed by atoms with E-state index >= 15 is 0 Å². The summed E-state index contributed by atoms with van der Waals surface area (Å²) >= 11 is 0. The average molecular weight is 339 g/mol. The molecular weight excluding hydrogens is 310 g/mol. The lowest BCUT2D eigenvalue weighted by Crippen LogP contribution is -2.26. The smallest absolute Gasteiger partial charge is 0.146 e. The maximum Gasteiger partial charge on any atom is 0.146 e. The van der Waals surface area contributed by atoms with E-state index in [0.29, 0.717) is 0 Å². The van der Waals surface area contributed by atoms with Crippen LogP contribution < -0.4 is 10.8 Å². The Balaban J connectivity index is 0.00000109. The van der Waals surface area contributed by atoms with Crippen LogP contribution in [0.15, 0.2) is 53.8 Å². The Morgan fingerprint density at radius 2 is 1.88 bits per heavy atom. The number of nitrogens with one attached hydrogen (secondary N) is 2. The Kier molecular flexibility index (Phi) is 7.02. The van der Waals surface area contributed by atoms with Gasteiger partial charge in [-0.3, -0.25) is 0 Å². The van der Waals surface area contributed by atoms with Crippen LogP contribution in [0, 0.1) is 6.92 Å². The number of benzene rings is 1. The summed E-state index contributed by atoms with van der Waals surface area (Å²) in [7, 11) is 1.78. The summed E-state index contributed by atoms with van der Waals surface area (Å²) in [6, 6.07) is 10.4. The number of hydrogen-bond acceptors (Lipinski definition) is 4. The van der Waals surface area contributed by atoms with Crippen LogP contribution in [-0.2, 0) is 4.84 Å². The van der Waals surface area contributed by atoms with Gasteiger partial charge in [-0.15, -0.1) is 0 Å². The molecule has 0 bridgehead atoms. The summed E-state index contributed by atoms with van der Waals surface area (Å²) in [5, 5.41) is 4.72. The van der Waals surface area contributed by atoms with Gasteiger partial charge in [-0.2, -0.15) is 5.48 Å². The summed E-state index contributed by atoms with van der Waals surface area (Å²) in [5.41, 5.74) is 6.37. The monoisotopic (exact) mass is 339 g/mol. The Hall–Kier alpha value is -2.33. The predicted octanol–water partition coefficient (Wildman–Crippen LogP) is 5.12. The van der Waals surface area contributed by atoms with E-state index in [9.17, 15) is 0 Å². The largest absolute Gasteiger partial charge is 0.411 e.